The van der Waals surface area contributed by atoms with E-state index in [-0.39, 0.29) is 94.2 Å². The van der Waals surface area contributed by atoms with Crippen LogP contribution in [0.15, 0.2) is 0 Å². The summed E-state index contributed by atoms with van der Waals surface area (Å²) in [6, 6.07) is 0. The molecule has 43 nitrogen and oxygen atoms in total. The van der Waals surface area contributed by atoms with Crippen molar-refractivity contribution >= 4 is 87.3 Å². The molecule has 18 unspecified atom stereocenters. The van der Waals surface area contributed by atoms with Gasteiger partial charge in [0.25, 0.3) is 0 Å². The lowest BCUT2D eigenvalue weighted by atomic mass is 9.90. The third-order valence-electron chi connectivity index (χ3n) is 21.1. The summed E-state index contributed by atoms with van der Waals surface area (Å²) in [4.78, 5) is 2.01. The molecule has 7 aliphatic heterocycles. The van der Waals surface area contributed by atoms with Gasteiger partial charge in [0.05, 0.1) is 77.3 Å². The molecule has 7 heterocycles. The van der Waals surface area contributed by atoms with Crippen LogP contribution in [-0.4, -0.2) is 495 Å². The van der Waals surface area contributed by atoms with Crippen LogP contribution < -0.4 is 31.9 Å². The van der Waals surface area contributed by atoms with Crippen LogP contribution in [0.1, 0.15) is 33.1 Å². The van der Waals surface area contributed by atoms with Gasteiger partial charge in [-0.1, -0.05) is 13.8 Å². The zero-order valence-corrected chi connectivity index (χ0v) is 70.2. The van der Waals surface area contributed by atoms with Crippen molar-refractivity contribution in [1.29, 1.82) is 0 Å². The normalized spacial score (nSPS) is 40.0. The van der Waals surface area contributed by atoms with Gasteiger partial charge in [-0.05, 0) is 73.2 Å². The van der Waals surface area contributed by atoms with Gasteiger partial charge in [0.2, 0.25) is 0 Å². The molecule has 28 N–H and O–H groups in total. The van der Waals surface area contributed by atoms with Crippen molar-refractivity contribution in [2.75, 3.05) is 157 Å². The number of hydrogen-bond donors (Lipinski definition) is 28. The predicted molar refractivity (Wildman–Crippen MR) is 424 cm³/mol. The molecule has 684 valence electrons. The first-order valence-electron chi connectivity index (χ1n) is 38.8. The molecule has 7 saturated heterocycles. The Hall–Kier alpha value is -1.36. The van der Waals surface area contributed by atoms with E-state index < -0.39 is 251 Å². The quantitative estimate of drug-likeness (QED) is 0.0199. The summed E-state index contributed by atoms with van der Waals surface area (Å²) in [6.07, 6.45) is -41.6. The first kappa shape index (κ1) is 103. The monoisotopic (exact) mass is 1810 g/mol. The van der Waals surface area contributed by atoms with E-state index in [1.54, 1.807) is 13.8 Å². The van der Waals surface area contributed by atoms with Gasteiger partial charge in [-0.3, -0.25) is 4.90 Å². The smallest absolute Gasteiger partial charge is 0.186 e. The van der Waals surface area contributed by atoms with E-state index in [4.69, 9.17) is 103 Å². The first-order valence-corrected chi connectivity index (χ1v) is 43.2. The van der Waals surface area contributed by atoms with Gasteiger partial charge >= 0.3 is 0 Å². The fourth-order valence-corrected chi connectivity index (χ4v) is 17.8. The molecule has 0 saturated carbocycles. The lowest BCUT2D eigenvalue weighted by molar-refractivity contribution is -0.351. The molecule has 7 aliphatic rings. The van der Waals surface area contributed by atoms with Gasteiger partial charge in [0.15, 0.2) is 40.5 Å². The Bertz CT molecular complexity index is 2630. The van der Waals surface area contributed by atoms with Gasteiger partial charge in [0, 0.05) is 98.2 Å². The summed E-state index contributed by atoms with van der Waals surface area (Å²) in [6.45, 7) is 1.34. The fraction of sp³-hybridized carbons (Fsp3) is 0.956. The van der Waals surface area contributed by atoms with Crippen molar-refractivity contribution in [3.8, 4) is 0 Å². The van der Waals surface area contributed by atoms with Crippen LogP contribution in [0, 0.1) is 11.8 Å². The van der Waals surface area contributed by atoms with E-state index in [9.17, 15) is 112 Å². The number of rotatable bonds is 46. The number of thioether (sulfide) groups is 3. The molecular weight excluding hydrogens is 1680 g/mol. The standard InChI is InChI=1S/C68H125N7O36S6/c1-30-32(103-60(49(91)39(30)81)110-56-37(25-79)105-58(98-3)51(93)47(56)89)20-72-65(112)69-8-11-75(12-9-70-66(113)73-21-33-31(2)40(82)50(92)61(104-33)111-57-38(26-80)106-59(99-4)52(94)48(57)90)13-10-71-67(114)74-68(27-100-14-5-17-115-62-53(95)44(86)41(83)34(22-76)107-62,28-101-15-6-18-116-63-54(96)45(87)42(84)35(23-77)108-63)29-102-16-7-19-117-64-55(97)46(88)43(85)36(24-78)109-64/h30-64,76-97H,5-29H2,1-4H3,(H2,69,72,112)(H2,70,73,113)(H2,71,74,114)/t30?,31?,32?,33?,34?,35?,36?,37?,38?,39-,40-,41+,42+,43+,44-,45-,46-,47+,48+,49?,50?,51?,52?,53?,54?,55?,56?,57?,58-,59-,60+,61+,62+,63+,64+,68?/m0/s1. The number of hydrogen-bond acceptors (Lipinski definition) is 43. The van der Waals surface area contributed by atoms with E-state index in [0.717, 1.165) is 35.3 Å². The van der Waals surface area contributed by atoms with Gasteiger partial charge in [-0.2, -0.15) is 0 Å². The topological polar surface area (TPSA) is 650 Å². The van der Waals surface area contributed by atoms with Gasteiger partial charge in [0.1, 0.15) is 156 Å². The highest BCUT2D eigenvalue weighted by atomic mass is 32.2. The summed E-state index contributed by atoms with van der Waals surface area (Å²) in [5.41, 5.74) is -4.31. The SMILES string of the molecule is CO[C@H]1OC(CO)C(O[C@H]2OC(CNC(=S)NCCN(CCNC(=S)NCC3O[C@H](OC4C(CO)O[C@H](OC)C(O)[C@H]4O)C(O)[C@@H](O)C3C)CCNC(=S)NC(COCCCS[C@H]3OC(CO)[C@@H](O)[C@H](O)C3O)(COCCCS[C@H]3OC(CO)[C@@H](O)[C@H](O)C3O)COCCCS[C@H]3OC(CO)[C@@H](O)[C@H](O)C3O)C(C)[C@H](O)C2O)[C@H](O)C1O. The molecule has 49 heteroatoms. The zero-order chi connectivity index (χ0) is 86.0. The lowest BCUT2D eigenvalue weighted by Gasteiger charge is -2.46. The molecular formula is C68H125N7O36S6. The molecule has 0 aromatic heterocycles. The average Bonchev–Trinajstić information content (AvgIpc) is 0.787. The largest absolute Gasteiger partial charge is 0.394 e. The lowest BCUT2D eigenvalue weighted by Crippen LogP contribution is -2.64. The third-order valence-corrected chi connectivity index (χ3v) is 25.6. The second-order valence-electron chi connectivity index (χ2n) is 29.6. The van der Waals surface area contributed by atoms with Crippen molar-refractivity contribution in [1.82, 2.24) is 36.8 Å². The summed E-state index contributed by atoms with van der Waals surface area (Å²) in [5.74, 6) is -0.482. The van der Waals surface area contributed by atoms with E-state index in [1.165, 1.54) is 14.2 Å². The number of ether oxygens (including phenoxy) is 14. The van der Waals surface area contributed by atoms with Crippen LogP contribution in [0.3, 0.4) is 0 Å². The Morgan fingerprint density at radius 3 is 0.957 bits per heavy atom. The Labute approximate surface area is 706 Å². The maximum atomic E-state index is 11.2. The van der Waals surface area contributed by atoms with E-state index >= 15 is 0 Å². The van der Waals surface area contributed by atoms with Crippen molar-refractivity contribution in [2.24, 2.45) is 11.8 Å². The number of methoxy groups -OCH3 is 2. The highest BCUT2D eigenvalue weighted by molar-refractivity contribution is 8.00. The summed E-state index contributed by atoms with van der Waals surface area (Å²) in [7, 11) is 2.47. The predicted octanol–water partition coefficient (Wildman–Crippen LogP) is -12.7. The Morgan fingerprint density at radius 2 is 0.650 bits per heavy atom. The number of nitrogens with zero attached hydrogens (tertiary/aromatic N) is 1. The van der Waals surface area contributed by atoms with Crippen LogP contribution in [0.2, 0.25) is 0 Å². The minimum atomic E-state index is -1.66. The average molecular weight is 1810 g/mol. The maximum absolute atomic E-state index is 11.2. The van der Waals surface area contributed by atoms with Gasteiger partial charge in [-0.15, -0.1) is 35.3 Å². The van der Waals surface area contributed by atoms with Crippen molar-refractivity contribution < 1.29 is 179 Å². The third kappa shape index (κ3) is 29.1. The second-order valence-corrected chi connectivity index (χ2v) is 34.4. The summed E-state index contributed by atoms with van der Waals surface area (Å²) < 4.78 is 81.4. The van der Waals surface area contributed by atoms with Crippen LogP contribution in [-0.2, 0) is 66.3 Å². The van der Waals surface area contributed by atoms with E-state index in [0.29, 0.717) is 49.6 Å². The molecule has 0 amide bonds. The molecule has 35 atom stereocenters. The maximum Gasteiger partial charge on any atom is 0.186 e. The molecule has 117 heavy (non-hydrogen) atoms. The van der Waals surface area contributed by atoms with E-state index in [2.05, 4.69) is 31.9 Å². The number of aliphatic hydroxyl groups is 22. The Morgan fingerprint density at radius 1 is 0.350 bits per heavy atom. The molecule has 0 spiro atoms. The number of aliphatic hydroxyl groups excluding tert-OH is 22. The number of nitrogens with one attached hydrogen (secondary N) is 6. The van der Waals surface area contributed by atoms with Crippen LogP contribution >= 0.6 is 71.9 Å². The van der Waals surface area contributed by atoms with Crippen LogP contribution in [0.25, 0.3) is 0 Å². The highest BCUT2D eigenvalue weighted by Gasteiger charge is 2.54. The van der Waals surface area contributed by atoms with Crippen LogP contribution in [0.4, 0.5) is 0 Å². The minimum absolute atomic E-state index is 0.0346. The fourth-order valence-electron chi connectivity index (χ4n) is 13.8. The van der Waals surface area contributed by atoms with Crippen molar-refractivity contribution in [3.63, 3.8) is 0 Å². The Kier molecular flexibility index (Phi) is 45.2. The van der Waals surface area contributed by atoms with Gasteiger partial charge in [-0.25, -0.2) is 0 Å². The molecule has 0 aromatic carbocycles. The highest BCUT2D eigenvalue weighted by Crippen LogP contribution is 2.36. The first-order chi connectivity index (χ1) is 55.8. The number of thiocarbonyl (C=S) groups is 3. The summed E-state index contributed by atoms with van der Waals surface area (Å²) >= 11 is 20.9. The Balaban J connectivity index is 1.04. The minimum Gasteiger partial charge on any atom is -0.394 e. The van der Waals surface area contributed by atoms with Crippen LogP contribution in [0.5, 0.6) is 0 Å². The van der Waals surface area contributed by atoms with Crippen molar-refractivity contribution in [2.45, 2.75) is 239 Å². The van der Waals surface area contributed by atoms with Crippen molar-refractivity contribution in [3.05, 3.63) is 0 Å². The van der Waals surface area contributed by atoms with E-state index in [1.807, 2.05) is 4.90 Å². The molecule has 0 aliphatic carbocycles. The molecule has 0 aromatic rings. The second kappa shape index (κ2) is 51.4. The molecule has 7 fully saturated rings. The molecule has 7 rings (SSSR count). The molecule has 0 radical (unpaired) electrons. The zero-order valence-electron chi connectivity index (χ0n) is 65.3. The van der Waals surface area contributed by atoms with Gasteiger partial charge < -0.3 is 211 Å². The summed E-state index contributed by atoms with van der Waals surface area (Å²) in [5, 5.41) is 251. The molecule has 0 bridgehead atoms.